The summed E-state index contributed by atoms with van der Waals surface area (Å²) in [6, 6.07) is 1.81. The Morgan fingerprint density at radius 1 is 1.62 bits per heavy atom. The third-order valence-corrected chi connectivity index (χ3v) is 1.82. The maximum atomic E-state index is 5.78. The molecule has 0 atom stereocenters. The first kappa shape index (κ1) is 10.1. The second kappa shape index (κ2) is 4.33. The summed E-state index contributed by atoms with van der Waals surface area (Å²) in [5, 5.41) is 0.511. The van der Waals surface area contributed by atoms with Gasteiger partial charge >= 0.3 is 0 Å². The lowest BCUT2D eigenvalue weighted by Gasteiger charge is -1.95. The van der Waals surface area contributed by atoms with Gasteiger partial charge in [-0.05, 0) is 18.1 Å². The van der Waals surface area contributed by atoms with E-state index in [1.165, 1.54) is 0 Å². The van der Waals surface area contributed by atoms with Crippen LogP contribution in [0.25, 0.3) is 11.1 Å². The Morgan fingerprint density at radius 2 is 2.31 bits per heavy atom. The van der Waals surface area contributed by atoms with Gasteiger partial charge in [0.05, 0.1) is 6.26 Å². The maximum Gasteiger partial charge on any atom is 0.135 e. The van der Waals surface area contributed by atoms with E-state index in [0.29, 0.717) is 11.0 Å². The molecular formula is C11H13ClO. The third kappa shape index (κ3) is 2.78. The molecule has 2 heteroatoms. The van der Waals surface area contributed by atoms with Crippen LogP contribution in [0, 0.1) is 5.92 Å². The molecule has 0 bridgehead atoms. The minimum atomic E-state index is 0.501. The van der Waals surface area contributed by atoms with Gasteiger partial charge in [0.1, 0.15) is 5.76 Å². The van der Waals surface area contributed by atoms with E-state index in [1.54, 1.807) is 6.26 Å². The Kier molecular flexibility index (Phi) is 3.38. The van der Waals surface area contributed by atoms with Gasteiger partial charge in [0, 0.05) is 10.6 Å². The summed E-state index contributed by atoms with van der Waals surface area (Å²) in [4.78, 5) is 0. The normalized spacial score (nSPS) is 11.4. The number of furan rings is 1. The number of rotatable bonds is 3. The predicted octanol–water partition coefficient (Wildman–Crippen LogP) is 4.16. The van der Waals surface area contributed by atoms with Crippen LogP contribution in [0.3, 0.4) is 0 Å². The molecule has 1 aromatic heterocycles. The van der Waals surface area contributed by atoms with Gasteiger partial charge in [0.25, 0.3) is 0 Å². The molecule has 1 aromatic rings. The molecule has 0 fully saturated rings. The van der Waals surface area contributed by atoms with Gasteiger partial charge in [-0.3, -0.25) is 0 Å². The Morgan fingerprint density at radius 3 is 2.85 bits per heavy atom. The molecule has 0 saturated carbocycles. The fourth-order valence-corrected chi connectivity index (χ4v) is 1.11. The number of halogens is 1. The molecule has 70 valence electrons. The monoisotopic (exact) mass is 196 g/mol. The van der Waals surface area contributed by atoms with Crippen LogP contribution in [0.5, 0.6) is 0 Å². The van der Waals surface area contributed by atoms with E-state index in [0.717, 1.165) is 11.3 Å². The van der Waals surface area contributed by atoms with Crippen molar-refractivity contribution in [2.75, 3.05) is 0 Å². The van der Waals surface area contributed by atoms with Gasteiger partial charge in [0.2, 0.25) is 0 Å². The minimum absolute atomic E-state index is 0.501. The Labute approximate surface area is 83.7 Å². The summed E-state index contributed by atoms with van der Waals surface area (Å²) >= 11 is 5.78. The molecule has 0 N–H and O–H groups in total. The molecule has 1 heterocycles. The Balaban J connectivity index is 2.88. The molecule has 0 aliphatic carbocycles. The summed E-state index contributed by atoms with van der Waals surface area (Å²) in [5.74, 6) is 1.27. The molecule has 0 aliphatic heterocycles. The standard InChI is InChI=1S/C11H13ClO/c1-8(2)4-5-11-10(9(3)12)6-7-13-11/h4-8H,3H2,1-2H3/b5-4-. The summed E-state index contributed by atoms with van der Waals surface area (Å²) < 4.78 is 5.24. The van der Waals surface area contributed by atoms with Crippen LogP contribution in [-0.2, 0) is 0 Å². The van der Waals surface area contributed by atoms with Crippen molar-refractivity contribution in [3.63, 3.8) is 0 Å². The molecule has 1 nitrogen and oxygen atoms in total. The zero-order valence-corrected chi connectivity index (χ0v) is 8.64. The van der Waals surface area contributed by atoms with Crippen LogP contribution >= 0.6 is 11.6 Å². The average molecular weight is 197 g/mol. The molecule has 0 radical (unpaired) electrons. The molecule has 0 unspecified atom stereocenters. The third-order valence-electron chi connectivity index (χ3n) is 1.62. The van der Waals surface area contributed by atoms with Crippen molar-refractivity contribution >= 4 is 22.7 Å². The average Bonchev–Trinajstić information content (AvgIpc) is 2.47. The van der Waals surface area contributed by atoms with Gasteiger partial charge < -0.3 is 4.42 Å². The highest BCUT2D eigenvalue weighted by atomic mass is 35.5. The molecule has 1 rings (SSSR count). The van der Waals surface area contributed by atoms with E-state index in [2.05, 4.69) is 26.5 Å². The van der Waals surface area contributed by atoms with Crippen molar-refractivity contribution in [1.29, 1.82) is 0 Å². The van der Waals surface area contributed by atoms with Crippen molar-refractivity contribution in [3.05, 3.63) is 36.3 Å². The molecule has 0 aromatic carbocycles. The van der Waals surface area contributed by atoms with Gasteiger partial charge in [-0.25, -0.2) is 0 Å². The van der Waals surface area contributed by atoms with E-state index in [4.69, 9.17) is 16.0 Å². The van der Waals surface area contributed by atoms with E-state index in [1.807, 2.05) is 12.1 Å². The lowest BCUT2D eigenvalue weighted by atomic mass is 10.1. The van der Waals surface area contributed by atoms with Crippen LogP contribution in [0.15, 0.2) is 29.4 Å². The molecule has 0 spiro atoms. The van der Waals surface area contributed by atoms with E-state index in [9.17, 15) is 0 Å². The predicted molar refractivity (Wildman–Crippen MR) is 57.5 cm³/mol. The van der Waals surface area contributed by atoms with E-state index in [-0.39, 0.29) is 0 Å². The fourth-order valence-electron chi connectivity index (χ4n) is 0.954. The second-order valence-electron chi connectivity index (χ2n) is 3.21. The first-order valence-corrected chi connectivity index (χ1v) is 4.59. The van der Waals surface area contributed by atoms with E-state index >= 15 is 0 Å². The molecule has 0 amide bonds. The van der Waals surface area contributed by atoms with Gasteiger partial charge in [0.15, 0.2) is 0 Å². The van der Waals surface area contributed by atoms with Crippen molar-refractivity contribution in [3.8, 4) is 0 Å². The number of allylic oxidation sites excluding steroid dienone is 1. The SMILES string of the molecule is C=C(Cl)c1ccoc1/C=C\C(C)C. The zero-order chi connectivity index (χ0) is 9.84. The Bertz CT molecular complexity index is 321. The molecular weight excluding hydrogens is 184 g/mol. The van der Waals surface area contributed by atoms with Gasteiger partial charge in [-0.15, -0.1) is 0 Å². The lowest BCUT2D eigenvalue weighted by molar-refractivity contribution is 0.555. The van der Waals surface area contributed by atoms with Crippen LogP contribution in [0.2, 0.25) is 0 Å². The lowest BCUT2D eigenvalue weighted by Crippen LogP contribution is -1.79. The smallest absolute Gasteiger partial charge is 0.135 e. The van der Waals surface area contributed by atoms with E-state index < -0.39 is 0 Å². The maximum absolute atomic E-state index is 5.78. The summed E-state index contributed by atoms with van der Waals surface area (Å²) in [5.41, 5.74) is 0.860. The number of hydrogen-bond acceptors (Lipinski definition) is 1. The van der Waals surface area contributed by atoms with Crippen LogP contribution < -0.4 is 0 Å². The quantitative estimate of drug-likeness (QED) is 0.708. The van der Waals surface area contributed by atoms with Crippen LogP contribution in [0.1, 0.15) is 25.2 Å². The second-order valence-corrected chi connectivity index (χ2v) is 3.66. The summed E-state index contributed by atoms with van der Waals surface area (Å²) in [6.07, 6.45) is 5.60. The fraction of sp³-hybridized carbons (Fsp3) is 0.273. The first-order chi connectivity index (χ1) is 6.11. The topological polar surface area (TPSA) is 13.1 Å². The molecule has 0 saturated heterocycles. The highest BCUT2D eigenvalue weighted by molar-refractivity contribution is 6.48. The van der Waals surface area contributed by atoms with Crippen molar-refractivity contribution in [2.45, 2.75) is 13.8 Å². The van der Waals surface area contributed by atoms with Crippen molar-refractivity contribution in [2.24, 2.45) is 5.92 Å². The highest BCUT2D eigenvalue weighted by Crippen LogP contribution is 2.23. The Hall–Kier alpha value is -0.950. The van der Waals surface area contributed by atoms with Gasteiger partial charge in [-0.1, -0.05) is 38.1 Å². The summed E-state index contributed by atoms with van der Waals surface area (Å²) in [7, 11) is 0. The molecule has 0 aliphatic rings. The van der Waals surface area contributed by atoms with Crippen molar-refractivity contribution < 1.29 is 4.42 Å². The largest absolute Gasteiger partial charge is 0.464 e. The van der Waals surface area contributed by atoms with Crippen LogP contribution in [-0.4, -0.2) is 0 Å². The van der Waals surface area contributed by atoms with Gasteiger partial charge in [-0.2, -0.15) is 0 Å². The first-order valence-electron chi connectivity index (χ1n) is 4.21. The van der Waals surface area contributed by atoms with Crippen molar-refractivity contribution in [1.82, 2.24) is 0 Å². The molecule has 13 heavy (non-hydrogen) atoms. The summed E-state index contributed by atoms with van der Waals surface area (Å²) in [6.45, 7) is 7.87. The highest BCUT2D eigenvalue weighted by Gasteiger charge is 2.04. The van der Waals surface area contributed by atoms with Crippen LogP contribution in [0.4, 0.5) is 0 Å². The zero-order valence-electron chi connectivity index (χ0n) is 7.88. The minimum Gasteiger partial charge on any atom is -0.464 e. The number of hydrogen-bond donors (Lipinski definition) is 0.